The van der Waals surface area contributed by atoms with Crippen molar-refractivity contribution < 1.29 is 9.72 Å². The second-order valence-corrected chi connectivity index (χ2v) is 6.55. The van der Waals surface area contributed by atoms with Gasteiger partial charge in [0.2, 0.25) is 0 Å². The van der Waals surface area contributed by atoms with Gasteiger partial charge in [0.15, 0.2) is 5.82 Å². The van der Waals surface area contributed by atoms with Gasteiger partial charge in [-0.25, -0.2) is 14.3 Å². The Kier molecular flexibility index (Phi) is 4.80. The standard InChI is InChI=1S/C20H17N7O3/c1-13-11-19(26(24-13)15-6-8-16(9-7-15)27(29)30)23-20(28)17-12-22-25(14(17)2)18-5-3-4-10-21-18/h3-12H,1-2H3,(H,23,28). The van der Waals surface area contributed by atoms with Crippen molar-refractivity contribution >= 4 is 17.4 Å². The first-order chi connectivity index (χ1) is 14.4. The van der Waals surface area contributed by atoms with Crippen LogP contribution < -0.4 is 5.32 Å². The van der Waals surface area contributed by atoms with Crippen LogP contribution in [0.25, 0.3) is 11.5 Å². The Balaban J connectivity index is 1.62. The van der Waals surface area contributed by atoms with Crippen LogP contribution in [0.1, 0.15) is 21.7 Å². The molecule has 30 heavy (non-hydrogen) atoms. The second-order valence-electron chi connectivity index (χ2n) is 6.55. The van der Waals surface area contributed by atoms with Crippen LogP contribution in [-0.4, -0.2) is 35.4 Å². The number of pyridine rings is 1. The summed E-state index contributed by atoms with van der Waals surface area (Å²) >= 11 is 0. The van der Waals surface area contributed by atoms with Crippen LogP contribution in [0, 0.1) is 24.0 Å². The summed E-state index contributed by atoms with van der Waals surface area (Å²) in [6, 6.07) is 13.1. The summed E-state index contributed by atoms with van der Waals surface area (Å²) in [5.41, 5.74) is 2.29. The van der Waals surface area contributed by atoms with E-state index in [-0.39, 0.29) is 11.6 Å². The van der Waals surface area contributed by atoms with Crippen LogP contribution in [0.2, 0.25) is 0 Å². The summed E-state index contributed by atoms with van der Waals surface area (Å²) in [5.74, 6) is 0.704. The van der Waals surface area contributed by atoms with E-state index in [1.165, 1.54) is 23.0 Å². The first-order valence-electron chi connectivity index (χ1n) is 9.03. The Hall–Kier alpha value is -4.34. The number of carbonyl (C=O) groups excluding carboxylic acids is 1. The average Bonchev–Trinajstić information content (AvgIpc) is 3.31. The van der Waals surface area contributed by atoms with Crippen LogP contribution in [0.15, 0.2) is 60.9 Å². The number of non-ortho nitro benzene ring substituents is 1. The van der Waals surface area contributed by atoms with Crippen molar-refractivity contribution in [3.8, 4) is 11.5 Å². The summed E-state index contributed by atoms with van der Waals surface area (Å²) in [4.78, 5) is 27.6. The maximum Gasteiger partial charge on any atom is 0.269 e. The van der Waals surface area contributed by atoms with Crippen LogP contribution >= 0.6 is 0 Å². The van der Waals surface area contributed by atoms with Crippen molar-refractivity contribution in [2.45, 2.75) is 13.8 Å². The van der Waals surface area contributed by atoms with Gasteiger partial charge >= 0.3 is 0 Å². The first-order valence-corrected chi connectivity index (χ1v) is 9.03. The highest BCUT2D eigenvalue weighted by molar-refractivity contribution is 6.04. The highest BCUT2D eigenvalue weighted by Gasteiger charge is 2.18. The van der Waals surface area contributed by atoms with Gasteiger partial charge in [0.05, 0.1) is 33.8 Å². The molecule has 0 bridgehead atoms. The fourth-order valence-electron chi connectivity index (χ4n) is 3.03. The Labute approximate surface area is 170 Å². The van der Waals surface area contributed by atoms with E-state index in [4.69, 9.17) is 0 Å². The number of aryl methyl sites for hydroxylation is 1. The molecule has 4 rings (SSSR count). The number of anilines is 1. The van der Waals surface area contributed by atoms with Crippen LogP contribution in [-0.2, 0) is 0 Å². The van der Waals surface area contributed by atoms with Gasteiger partial charge in [-0.3, -0.25) is 14.9 Å². The fourth-order valence-corrected chi connectivity index (χ4v) is 3.03. The van der Waals surface area contributed by atoms with Gasteiger partial charge in [-0.2, -0.15) is 10.2 Å². The molecule has 0 radical (unpaired) electrons. The SMILES string of the molecule is Cc1cc(NC(=O)c2cnn(-c3ccccn3)c2C)n(-c2ccc([N+](=O)[O-])cc2)n1. The third-order valence-corrected chi connectivity index (χ3v) is 4.50. The number of aromatic nitrogens is 5. The van der Waals surface area contributed by atoms with Gasteiger partial charge in [0.1, 0.15) is 5.82 Å². The van der Waals surface area contributed by atoms with Gasteiger partial charge in [-0.15, -0.1) is 0 Å². The zero-order valence-corrected chi connectivity index (χ0v) is 16.2. The molecule has 150 valence electrons. The van der Waals surface area contributed by atoms with Crippen LogP contribution in [0.4, 0.5) is 11.5 Å². The molecule has 0 aliphatic rings. The number of amides is 1. The topological polar surface area (TPSA) is 121 Å². The molecule has 0 saturated heterocycles. The van der Waals surface area contributed by atoms with Crippen LogP contribution in [0.3, 0.4) is 0 Å². The molecule has 3 aromatic heterocycles. The van der Waals surface area contributed by atoms with Gasteiger partial charge in [0.25, 0.3) is 11.6 Å². The normalized spacial score (nSPS) is 10.7. The third-order valence-electron chi connectivity index (χ3n) is 4.50. The molecule has 1 amide bonds. The van der Waals surface area contributed by atoms with E-state index in [1.54, 1.807) is 55.1 Å². The summed E-state index contributed by atoms with van der Waals surface area (Å²) in [6.07, 6.45) is 3.14. The molecule has 0 aliphatic heterocycles. The Morgan fingerprint density at radius 3 is 2.53 bits per heavy atom. The highest BCUT2D eigenvalue weighted by Crippen LogP contribution is 2.21. The second kappa shape index (κ2) is 7.59. The summed E-state index contributed by atoms with van der Waals surface area (Å²) in [5, 5.41) is 22.4. The van der Waals surface area contributed by atoms with E-state index in [2.05, 4.69) is 20.5 Å². The van der Waals surface area contributed by atoms with Gasteiger partial charge in [-0.1, -0.05) is 6.07 Å². The smallest absolute Gasteiger partial charge is 0.269 e. The molecule has 4 aromatic rings. The van der Waals surface area contributed by atoms with Crippen molar-refractivity contribution in [3.63, 3.8) is 0 Å². The van der Waals surface area contributed by atoms with E-state index in [0.29, 0.717) is 34.3 Å². The molecule has 0 unspecified atom stereocenters. The number of hydrogen-bond donors (Lipinski definition) is 1. The molecule has 1 N–H and O–H groups in total. The monoisotopic (exact) mass is 403 g/mol. The molecular formula is C20H17N7O3. The quantitative estimate of drug-likeness (QED) is 0.403. The molecule has 0 saturated carbocycles. The predicted molar refractivity (Wildman–Crippen MR) is 109 cm³/mol. The summed E-state index contributed by atoms with van der Waals surface area (Å²) in [7, 11) is 0. The van der Waals surface area contributed by atoms with Crippen molar-refractivity contribution in [2.24, 2.45) is 0 Å². The zero-order valence-electron chi connectivity index (χ0n) is 16.2. The van der Waals surface area contributed by atoms with E-state index < -0.39 is 4.92 Å². The minimum atomic E-state index is -0.469. The molecular weight excluding hydrogens is 386 g/mol. The van der Waals surface area contributed by atoms with Crippen LogP contribution in [0.5, 0.6) is 0 Å². The maximum absolute atomic E-state index is 12.9. The number of nitrogens with zero attached hydrogens (tertiary/aromatic N) is 6. The van der Waals surface area contributed by atoms with Crippen molar-refractivity contribution in [1.82, 2.24) is 24.5 Å². The average molecular weight is 403 g/mol. The Morgan fingerprint density at radius 2 is 1.87 bits per heavy atom. The Bertz CT molecular complexity index is 1230. The van der Waals surface area contributed by atoms with Gasteiger partial charge in [-0.05, 0) is 38.1 Å². The number of nitro groups is 1. The number of carbonyl (C=O) groups is 1. The first kappa shape index (κ1) is 19.0. The molecule has 1 aromatic carbocycles. The minimum Gasteiger partial charge on any atom is -0.306 e. The molecule has 0 fully saturated rings. The third kappa shape index (κ3) is 3.53. The molecule has 10 nitrogen and oxygen atoms in total. The lowest BCUT2D eigenvalue weighted by molar-refractivity contribution is -0.384. The van der Waals surface area contributed by atoms with E-state index in [9.17, 15) is 14.9 Å². The number of hydrogen-bond acceptors (Lipinski definition) is 6. The molecule has 0 aliphatic carbocycles. The lowest BCUT2D eigenvalue weighted by Gasteiger charge is -2.09. The zero-order chi connectivity index (χ0) is 21.3. The molecule has 3 heterocycles. The summed E-state index contributed by atoms with van der Waals surface area (Å²) < 4.78 is 3.11. The lowest BCUT2D eigenvalue weighted by atomic mass is 10.2. The molecule has 10 heteroatoms. The lowest BCUT2D eigenvalue weighted by Crippen LogP contribution is -2.16. The van der Waals surface area contributed by atoms with Gasteiger partial charge in [0, 0.05) is 24.4 Å². The summed E-state index contributed by atoms with van der Waals surface area (Å²) in [6.45, 7) is 3.58. The Morgan fingerprint density at radius 1 is 1.10 bits per heavy atom. The van der Waals surface area contributed by atoms with E-state index in [0.717, 1.165) is 0 Å². The van der Waals surface area contributed by atoms with Crippen molar-refractivity contribution in [3.05, 3.63) is 88.0 Å². The predicted octanol–water partition coefficient (Wildman–Crippen LogP) is 3.23. The maximum atomic E-state index is 12.9. The van der Waals surface area contributed by atoms with Crippen molar-refractivity contribution in [1.29, 1.82) is 0 Å². The minimum absolute atomic E-state index is 0.0224. The van der Waals surface area contributed by atoms with Crippen molar-refractivity contribution in [2.75, 3.05) is 5.32 Å². The van der Waals surface area contributed by atoms with E-state index >= 15 is 0 Å². The van der Waals surface area contributed by atoms with Gasteiger partial charge < -0.3 is 5.32 Å². The number of nitro benzene ring substituents is 1. The number of benzene rings is 1. The highest BCUT2D eigenvalue weighted by atomic mass is 16.6. The van der Waals surface area contributed by atoms with E-state index in [1.807, 2.05) is 6.07 Å². The molecule has 0 atom stereocenters. The fraction of sp³-hybridized carbons (Fsp3) is 0.100. The number of rotatable bonds is 5. The molecule has 0 spiro atoms. The largest absolute Gasteiger partial charge is 0.306 e. The number of nitrogens with one attached hydrogen (secondary N) is 1.